The van der Waals surface area contributed by atoms with Gasteiger partial charge >= 0.3 is 0 Å². The first-order chi connectivity index (χ1) is 14.4. The molecular formula is C23H20N2O4S. The summed E-state index contributed by atoms with van der Waals surface area (Å²) in [5.74, 6) is 1.63. The van der Waals surface area contributed by atoms with Gasteiger partial charge in [0.15, 0.2) is 11.6 Å². The molecule has 0 saturated carbocycles. The largest absolute Gasteiger partial charge is 0.455 e. The summed E-state index contributed by atoms with van der Waals surface area (Å²) in [5, 5.41) is 0. The van der Waals surface area contributed by atoms with E-state index in [1.807, 2.05) is 30.3 Å². The number of oxazole rings is 1. The Hall–Kier alpha value is -3.58. The fourth-order valence-corrected chi connectivity index (χ4v) is 4.21. The quantitative estimate of drug-likeness (QED) is 0.425. The number of aryl methyl sites for hydroxylation is 1. The molecule has 0 saturated heterocycles. The zero-order valence-corrected chi connectivity index (χ0v) is 17.3. The maximum atomic E-state index is 13.2. The normalized spacial score (nSPS) is 11.3. The number of aromatic nitrogens is 1. The van der Waals surface area contributed by atoms with Gasteiger partial charge in [-0.05, 0) is 36.4 Å². The van der Waals surface area contributed by atoms with Crippen LogP contribution in [0.2, 0.25) is 0 Å². The second kappa shape index (κ2) is 8.04. The van der Waals surface area contributed by atoms with Crippen LogP contribution in [0.15, 0.2) is 94.4 Å². The minimum Gasteiger partial charge on any atom is -0.455 e. The van der Waals surface area contributed by atoms with Gasteiger partial charge in [0.25, 0.3) is 10.0 Å². The van der Waals surface area contributed by atoms with Crippen molar-refractivity contribution >= 4 is 15.7 Å². The molecule has 7 heteroatoms. The lowest BCUT2D eigenvalue weighted by Gasteiger charge is -2.22. The van der Waals surface area contributed by atoms with Crippen LogP contribution < -0.4 is 9.04 Å². The maximum absolute atomic E-state index is 13.2. The highest BCUT2D eigenvalue weighted by Crippen LogP contribution is 2.34. The number of para-hydroxylation sites is 3. The summed E-state index contributed by atoms with van der Waals surface area (Å²) < 4.78 is 38.8. The van der Waals surface area contributed by atoms with Crippen LogP contribution in [0.5, 0.6) is 11.5 Å². The third-order valence-corrected chi connectivity index (χ3v) is 6.39. The third-order valence-electron chi connectivity index (χ3n) is 4.60. The van der Waals surface area contributed by atoms with Gasteiger partial charge in [0.05, 0.1) is 10.6 Å². The second-order valence-electron chi connectivity index (χ2n) is 6.63. The Morgan fingerprint density at radius 2 is 1.57 bits per heavy atom. The number of benzene rings is 3. The van der Waals surface area contributed by atoms with E-state index in [0.717, 1.165) is 5.56 Å². The molecule has 4 aromatic rings. The number of hydrogen-bond donors (Lipinski definition) is 0. The summed E-state index contributed by atoms with van der Waals surface area (Å²) in [4.78, 5) is 4.43. The van der Waals surface area contributed by atoms with Crippen LogP contribution in [0.1, 0.15) is 5.89 Å². The van der Waals surface area contributed by atoms with Gasteiger partial charge < -0.3 is 9.15 Å². The van der Waals surface area contributed by atoms with Crippen LogP contribution >= 0.6 is 0 Å². The Kier molecular flexibility index (Phi) is 5.29. The molecule has 0 aliphatic rings. The minimum atomic E-state index is -3.79. The minimum absolute atomic E-state index is 0.170. The van der Waals surface area contributed by atoms with Gasteiger partial charge in [-0.25, -0.2) is 13.4 Å². The predicted molar refractivity (Wildman–Crippen MR) is 115 cm³/mol. The molecule has 1 aromatic heterocycles. The first-order valence-corrected chi connectivity index (χ1v) is 10.7. The molecule has 6 nitrogen and oxygen atoms in total. The Morgan fingerprint density at radius 3 is 2.23 bits per heavy atom. The van der Waals surface area contributed by atoms with E-state index >= 15 is 0 Å². The summed E-state index contributed by atoms with van der Waals surface area (Å²) >= 11 is 0. The molecule has 0 atom stereocenters. The van der Waals surface area contributed by atoms with Crippen molar-refractivity contribution in [3.63, 3.8) is 0 Å². The van der Waals surface area contributed by atoms with Gasteiger partial charge in [-0.2, -0.15) is 0 Å². The molecule has 30 heavy (non-hydrogen) atoms. The molecular weight excluding hydrogens is 400 g/mol. The molecule has 1 heterocycles. The number of rotatable bonds is 6. The van der Waals surface area contributed by atoms with Gasteiger partial charge in [-0.3, -0.25) is 4.31 Å². The molecule has 0 spiro atoms. The van der Waals surface area contributed by atoms with Gasteiger partial charge in [-0.1, -0.05) is 42.5 Å². The molecule has 0 bridgehead atoms. The predicted octanol–water partition coefficient (Wildman–Crippen LogP) is 5.27. The van der Waals surface area contributed by atoms with E-state index in [9.17, 15) is 8.42 Å². The molecule has 0 fully saturated rings. The number of anilines is 1. The zero-order chi connectivity index (χ0) is 21.1. The van der Waals surface area contributed by atoms with Crippen molar-refractivity contribution in [2.75, 3.05) is 11.4 Å². The van der Waals surface area contributed by atoms with Crippen molar-refractivity contribution in [2.24, 2.45) is 0 Å². The summed E-state index contributed by atoms with van der Waals surface area (Å²) in [7, 11) is -2.28. The summed E-state index contributed by atoms with van der Waals surface area (Å²) in [5.41, 5.74) is 1.88. The molecule has 0 unspecified atom stereocenters. The van der Waals surface area contributed by atoms with Crippen LogP contribution in [0.3, 0.4) is 0 Å². The molecule has 3 aromatic carbocycles. The fraction of sp³-hybridized carbons (Fsp3) is 0.0870. The van der Waals surface area contributed by atoms with Gasteiger partial charge in [0.2, 0.25) is 0 Å². The Morgan fingerprint density at radius 1 is 0.900 bits per heavy atom. The lowest BCUT2D eigenvalue weighted by atomic mass is 10.2. The van der Waals surface area contributed by atoms with Crippen molar-refractivity contribution in [3.05, 3.63) is 91.0 Å². The fourth-order valence-electron chi connectivity index (χ4n) is 3.00. The summed E-state index contributed by atoms with van der Waals surface area (Å²) in [6.07, 6.45) is 1.54. The lowest BCUT2D eigenvalue weighted by molar-refractivity contribution is 0.483. The van der Waals surface area contributed by atoms with Crippen LogP contribution in [-0.4, -0.2) is 20.4 Å². The molecule has 0 aliphatic carbocycles. The number of hydrogen-bond acceptors (Lipinski definition) is 5. The van der Waals surface area contributed by atoms with Crippen molar-refractivity contribution < 1.29 is 17.6 Å². The zero-order valence-electron chi connectivity index (χ0n) is 16.5. The Labute approximate surface area is 175 Å². The van der Waals surface area contributed by atoms with Crippen LogP contribution in [0.25, 0.3) is 11.3 Å². The van der Waals surface area contributed by atoms with Crippen LogP contribution in [0.4, 0.5) is 5.69 Å². The van der Waals surface area contributed by atoms with E-state index in [-0.39, 0.29) is 4.90 Å². The van der Waals surface area contributed by atoms with Crippen molar-refractivity contribution in [2.45, 2.75) is 11.8 Å². The number of nitrogens with zero attached hydrogens (tertiary/aromatic N) is 2. The first kappa shape index (κ1) is 19.7. The molecule has 0 radical (unpaired) electrons. The highest BCUT2D eigenvalue weighted by Gasteiger charge is 2.24. The standard InChI is InChI=1S/C23H20N2O4S/c1-17-24-21(16-28-17)18-12-14-20(15-13-18)30(26,27)25(2)22-10-6-7-11-23(22)29-19-8-4-3-5-9-19/h3-16H,1-2H3. The van der Waals surface area contributed by atoms with Crippen molar-refractivity contribution in [3.8, 4) is 22.8 Å². The van der Waals surface area contributed by atoms with E-state index in [1.165, 1.54) is 11.4 Å². The SMILES string of the molecule is Cc1nc(-c2ccc(S(=O)(=O)N(C)c3ccccc3Oc3ccccc3)cc2)co1. The van der Waals surface area contributed by atoms with Gasteiger partial charge in [0.1, 0.15) is 17.7 Å². The van der Waals surface area contributed by atoms with Crippen molar-refractivity contribution in [1.82, 2.24) is 4.98 Å². The van der Waals surface area contributed by atoms with Gasteiger partial charge in [-0.15, -0.1) is 0 Å². The van der Waals surface area contributed by atoms with Gasteiger partial charge in [0, 0.05) is 19.5 Å². The number of ether oxygens (including phenoxy) is 1. The molecule has 0 N–H and O–H groups in total. The van der Waals surface area contributed by atoms with Crippen LogP contribution in [-0.2, 0) is 10.0 Å². The Bertz CT molecular complexity index is 1250. The third kappa shape index (κ3) is 3.92. The highest BCUT2D eigenvalue weighted by atomic mass is 32.2. The van der Waals surface area contributed by atoms with E-state index in [4.69, 9.17) is 9.15 Å². The smallest absolute Gasteiger partial charge is 0.264 e. The average Bonchev–Trinajstić information content (AvgIpc) is 3.21. The van der Waals surface area contributed by atoms with Crippen LogP contribution in [0, 0.1) is 6.92 Å². The molecule has 4 rings (SSSR count). The van der Waals surface area contributed by atoms with Crippen molar-refractivity contribution in [1.29, 1.82) is 0 Å². The van der Waals surface area contributed by atoms with E-state index in [0.29, 0.717) is 28.8 Å². The molecule has 152 valence electrons. The van der Waals surface area contributed by atoms with E-state index in [2.05, 4.69) is 4.98 Å². The first-order valence-electron chi connectivity index (χ1n) is 9.28. The topological polar surface area (TPSA) is 72.6 Å². The number of sulfonamides is 1. The Balaban J connectivity index is 1.63. The van der Waals surface area contributed by atoms with E-state index in [1.54, 1.807) is 61.7 Å². The molecule has 0 amide bonds. The maximum Gasteiger partial charge on any atom is 0.264 e. The highest BCUT2D eigenvalue weighted by molar-refractivity contribution is 7.92. The monoisotopic (exact) mass is 420 g/mol. The molecule has 0 aliphatic heterocycles. The summed E-state index contributed by atoms with van der Waals surface area (Å²) in [6, 6.07) is 22.8. The second-order valence-corrected chi connectivity index (χ2v) is 8.60. The average molecular weight is 420 g/mol. The van der Waals surface area contributed by atoms with E-state index < -0.39 is 10.0 Å². The lowest BCUT2D eigenvalue weighted by Crippen LogP contribution is -2.26. The summed E-state index contributed by atoms with van der Waals surface area (Å²) in [6.45, 7) is 1.76.